The van der Waals surface area contributed by atoms with Gasteiger partial charge in [-0.1, -0.05) is 18.2 Å². The molecule has 1 aliphatic rings. The zero-order chi connectivity index (χ0) is 17.4. The molecule has 5 nitrogen and oxygen atoms in total. The van der Waals surface area contributed by atoms with E-state index < -0.39 is 30.7 Å². The molecule has 2 N–H and O–H groups in total. The lowest BCUT2D eigenvalue weighted by Crippen LogP contribution is -2.55. The molecule has 0 aliphatic carbocycles. The lowest BCUT2D eigenvalue weighted by atomic mass is 9.91. The van der Waals surface area contributed by atoms with Crippen LogP contribution in [0.15, 0.2) is 34.7 Å². The monoisotopic (exact) mass is 342 g/mol. The van der Waals surface area contributed by atoms with Gasteiger partial charge in [0.2, 0.25) is 0 Å². The summed E-state index contributed by atoms with van der Waals surface area (Å²) in [5.41, 5.74) is -2.00. The van der Waals surface area contributed by atoms with Crippen molar-refractivity contribution in [3.8, 4) is 0 Å². The summed E-state index contributed by atoms with van der Waals surface area (Å²) in [6.07, 6.45) is -5.72. The molecule has 1 saturated heterocycles. The minimum Gasteiger partial charge on any atom is -0.459 e. The van der Waals surface area contributed by atoms with Crippen molar-refractivity contribution in [3.05, 3.63) is 36.1 Å². The molecule has 2 amide bonds. The zero-order valence-corrected chi connectivity index (χ0v) is 12.8. The summed E-state index contributed by atoms with van der Waals surface area (Å²) in [5.74, 6) is 0.563. The number of benzene rings is 1. The number of hydrogen-bond acceptors (Lipinski definition) is 3. The molecule has 2 heterocycles. The highest BCUT2D eigenvalue weighted by molar-refractivity contribution is 5.78. The number of furan rings is 1. The minimum atomic E-state index is -4.68. The molecule has 1 aliphatic heterocycles. The van der Waals surface area contributed by atoms with Crippen molar-refractivity contribution >= 4 is 17.0 Å². The van der Waals surface area contributed by atoms with Crippen LogP contribution in [0.2, 0.25) is 0 Å². The topological polar surface area (TPSA) is 65.7 Å². The van der Waals surface area contributed by atoms with E-state index in [1.54, 1.807) is 6.07 Å². The Kier molecular flexibility index (Phi) is 4.16. The van der Waals surface area contributed by atoms with Crippen LogP contribution >= 0.6 is 0 Å². The Labute approximate surface area is 136 Å². The number of alkyl halides is 3. The standard InChI is InChI=1S/C16H17F3N2O3/c17-16(18,19)15(23)5-7-21(8-6-15)14(22)20-10-12-9-11-3-1-2-4-13(11)24-12/h1-4,9,23H,5-8,10H2,(H,20,22). The average molecular weight is 342 g/mol. The Hall–Kier alpha value is -2.22. The van der Waals surface area contributed by atoms with E-state index in [1.165, 1.54) is 4.90 Å². The Bertz CT molecular complexity index is 700. The molecule has 0 saturated carbocycles. The number of piperidine rings is 1. The molecule has 0 radical (unpaired) electrons. The molecule has 0 bridgehead atoms. The predicted octanol–water partition coefficient (Wildman–Crippen LogP) is 3.03. The fourth-order valence-corrected chi connectivity index (χ4v) is 2.76. The Morgan fingerprint density at radius 1 is 1.29 bits per heavy atom. The number of likely N-dealkylation sites (tertiary alicyclic amines) is 1. The van der Waals surface area contributed by atoms with Gasteiger partial charge in [-0.2, -0.15) is 13.2 Å². The smallest absolute Gasteiger partial charge is 0.417 e. The number of fused-ring (bicyclic) bond motifs is 1. The van der Waals surface area contributed by atoms with E-state index in [2.05, 4.69) is 5.32 Å². The first-order chi connectivity index (χ1) is 11.3. The van der Waals surface area contributed by atoms with Gasteiger partial charge in [0, 0.05) is 31.3 Å². The van der Waals surface area contributed by atoms with Crippen molar-refractivity contribution in [3.63, 3.8) is 0 Å². The molecule has 1 fully saturated rings. The Morgan fingerprint density at radius 3 is 2.58 bits per heavy atom. The highest BCUT2D eigenvalue weighted by atomic mass is 19.4. The Balaban J connectivity index is 1.55. The van der Waals surface area contributed by atoms with Gasteiger partial charge >= 0.3 is 12.2 Å². The van der Waals surface area contributed by atoms with Crippen LogP contribution in [0.25, 0.3) is 11.0 Å². The maximum absolute atomic E-state index is 12.7. The fourth-order valence-electron chi connectivity index (χ4n) is 2.76. The summed E-state index contributed by atoms with van der Waals surface area (Å²) in [7, 11) is 0. The molecule has 130 valence electrons. The molecule has 1 aromatic heterocycles. The minimum absolute atomic E-state index is 0.146. The van der Waals surface area contributed by atoms with Gasteiger partial charge in [-0.15, -0.1) is 0 Å². The van der Waals surface area contributed by atoms with Gasteiger partial charge in [0.25, 0.3) is 0 Å². The van der Waals surface area contributed by atoms with Crippen LogP contribution in [0, 0.1) is 0 Å². The number of urea groups is 1. The molecule has 3 rings (SSSR count). The second-order valence-corrected chi connectivity index (χ2v) is 5.93. The molecule has 0 atom stereocenters. The van der Waals surface area contributed by atoms with Gasteiger partial charge in [0.15, 0.2) is 5.60 Å². The largest absolute Gasteiger partial charge is 0.459 e. The normalized spacial score (nSPS) is 17.9. The number of rotatable bonds is 2. The number of amides is 2. The molecule has 2 aromatic rings. The molecular weight excluding hydrogens is 325 g/mol. The maximum atomic E-state index is 12.7. The van der Waals surface area contributed by atoms with E-state index in [0.717, 1.165) is 5.39 Å². The lowest BCUT2D eigenvalue weighted by Gasteiger charge is -2.38. The van der Waals surface area contributed by atoms with Crippen LogP contribution in [-0.4, -0.2) is 40.9 Å². The number of hydrogen-bond donors (Lipinski definition) is 2. The van der Waals surface area contributed by atoms with Crippen molar-refractivity contribution in [2.75, 3.05) is 13.1 Å². The third-order valence-corrected chi connectivity index (χ3v) is 4.30. The van der Waals surface area contributed by atoms with Crippen molar-refractivity contribution < 1.29 is 27.5 Å². The van der Waals surface area contributed by atoms with Crippen molar-refractivity contribution in [2.45, 2.75) is 31.2 Å². The van der Waals surface area contributed by atoms with Crippen LogP contribution in [0.1, 0.15) is 18.6 Å². The third-order valence-electron chi connectivity index (χ3n) is 4.30. The summed E-state index contributed by atoms with van der Waals surface area (Å²) >= 11 is 0. The number of nitrogens with one attached hydrogen (secondary N) is 1. The number of halogens is 3. The highest BCUT2D eigenvalue weighted by Gasteiger charge is 2.54. The Morgan fingerprint density at radius 2 is 1.96 bits per heavy atom. The van der Waals surface area contributed by atoms with Gasteiger partial charge in [-0.3, -0.25) is 0 Å². The average Bonchev–Trinajstić information content (AvgIpc) is 2.95. The summed E-state index contributed by atoms with van der Waals surface area (Å²) in [5, 5.41) is 13.1. The molecule has 1 aromatic carbocycles. The molecular formula is C16H17F3N2O3. The van der Waals surface area contributed by atoms with E-state index in [4.69, 9.17) is 4.42 Å². The van der Waals surface area contributed by atoms with Crippen LogP contribution in [0.5, 0.6) is 0 Å². The van der Waals surface area contributed by atoms with Gasteiger partial charge in [0.05, 0.1) is 6.54 Å². The second-order valence-electron chi connectivity index (χ2n) is 5.93. The van der Waals surface area contributed by atoms with Gasteiger partial charge < -0.3 is 19.7 Å². The quantitative estimate of drug-likeness (QED) is 0.882. The zero-order valence-electron chi connectivity index (χ0n) is 12.8. The van der Waals surface area contributed by atoms with Crippen LogP contribution in [-0.2, 0) is 6.54 Å². The summed E-state index contributed by atoms with van der Waals surface area (Å²) in [4.78, 5) is 13.3. The van der Waals surface area contributed by atoms with E-state index in [9.17, 15) is 23.1 Å². The van der Waals surface area contributed by atoms with E-state index in [1.807, 2.05) is 24.3 Å². The summed E-state index contributed by atoms with van der Waals surface area (Å²) in [6.45, 7) is -0.155. The molecule has 24 heavy (non-hydrogen) atoms. The van der Waals surface area contributed by atoms with Crippen LogP contribution < -0.4 is 5.32 Å². The first-order valence-electron chi connectivity index (χ1n) is 7.58. The second kappa shape index (κ2) is 6.01. The first-order valence-corrected chi connectivity index (χ1v) is 7.58. The maximum Gasteiger partial charge on any atom is 0.417 e. The predicted molar refractivity (Wildman–Crippen MR) is 80.3 cm³/mol. The number of aliphatic hydroxyl groups is 1. The van der Waals surface area contributed by atoms with E-state index in [0.29, 0.717) is 11.3 Å². The van der Waals surface area contributed by atoms with Crippen LogP contribution in [0.3, 0.4) is 0 Å². The van der Waals surface area contributed by atoms with Gasteiger partial charge in [0.1, 0.15) is 11.3 Å². The number of para-hydroxylation sites is 1. The summed E-state index contributed by atoms with van der Waals surface area (Å²) < 4.78 is 43.8. The first kappa shape index (κ1) is 16.6. The van der Waals surface area contributed by atoms with E-state index in [-0.39, 0.29) is 19.6 Å². The number of nitrogens with zero attached hydrogens (tertiary/aromatic N) is 1. The SMILES string of the molecule is O=C(NCc1cc2ccccc2o1)N1CCC(O)(C(F)(F)F)CC1. The molecule has 8 heteroatoms. The fraction of sp³-hybridized carbons (Fsp3) is 0.438. The highest BCUT2D eigenvalue weighted by Crippen LogP contribution is 2.38. The summed E-state index contributed by atoms with van der Waals surface area (Å²) in [6, 6.07) is 8.73. The van der Waals surface area contributed by atoms with Gasteiger partial charge in [-0.25, -0.2) is 4.79 Å². The van der Waals surface area contributed by atoms with Crippen molar-refractivity contribution in [2.24, 2.45) is 0 Å². The molecule has 0 unspecified atom stereocenters. The number of carbonyl (C=O) groups excluding carboxylic acids is 1. The van der Waals surface area contributed by atoms with Gasteiger partial charge in [-0.05, 0) is 12.1 Å². The lowest BCUT2D eigenvalue weighted by molar-refractivity contribution is -0.271. The molecule has 0 spiro atoms. The van der Waals surface area contributed by atoms with Crippen LogP contribution in [0.4, 0.5) is 18.0 Å². The van der Waals surface area contributed by atoms with Crippen molar-refractivity contribution in [1.29, 1.82) is 0 Å². The number of carbonyl (C=O) groups is 1. The van der Waals surface area contributed by atoms with Crippen molar-refractivity contribution in [1.82, 2.24) is 10.2 Å². The van der Waals surface area contributed by atoms with E-state index >= 15 is 0 Å². The third kappa shape index (κ3) is 3.19.